The number of Topliss-reactive ketones (excluding diaryl/α,β-unsaturated/α-hetero) is 1. The Hall–Kier alpha value is -2.99. The van der Waals surface area contributed by atoms with Crippen molar-refractivity contribution in [3.63, 3.8) is 0 Å². The van der Waals surface area contributed by atoms with E-state index in [-0.39, 0.29) is 5.78 Å². The number of methoxy groups -OCH3 is 3. The molecule has 0 spiro atoms. The third kappa shape index (κ3) is 5.24. The normalized spacial score (nSPS) is 10.5. The zero-order valence-corrected chi connectivity index (χ0v) is 15.9. The second-order valence-electron chi connectivity index (χ2n) is 5.30. The summed E-state index contributed by atoms with van der Waals surface area (Å²) in [6.45, 7) is -0.393. The van der Waals surface area contributed by atoms with E-state index in [0.29, 0.717) is 33.4 Å². The molecule has 0 aromatic heterocycles. The third-order valence-electron chi connectivity index (χ3n) is 3.62. The fourth-order valence-corrected chi connectivity index (χ4v) is 2.63. The van der Waals surface area contributed by atoms with Crippen LogP contribution in [0.15, 0.2) is 42.5 Å². The fourth-order valence-electron chi connectivity index (χ4n) is 2.34. The van der Waals surface area contributed by atoms with Gasteiger partial charge in [-0.1, -0.05) is 23.7 Å². The highest BCUT2D eigenvalue weighted by Crippen LogP contribution is 2.36. The Labute approximate surface area is 162 Å². The van der Waals surface area contributed by atoms with Gasteiger partial charge in [0.2, 0.25) is 5.78 Å². The van der Waals surface area contributed by atoms with Crippen LogP contribution in [0.4, 0.5) is 0 Å². The van der Waals surface area contributed by atoms with E-state index in [1.54, 1.807) is 36.4 Å². The Bertz CT molecular complexity index is 860. The lowest BCUT2D eigenvalue weighted by Gasteiger charge is -2.10. The molecule has 0 aliphatic heterocycles. The van der Waals surface area contributed by atoms with E-state index >= 15 is 0 Å². The largest absolute Gasteiger partial charge is 0.496 e. The molecule has 142 valence electrons. The van der Waals surface area contributed by atoms with Crippen molar-refractivity contribution < 1.29 is 28.5 Å². The quantitative estimate of drug-likeness (QED) is 0.388. The molecule has 0 unspecified atom stereocenters. The van der Waals surface area contributed by atoms with Gasteiger partial charge in [0, 0.05) is 6.08 Å². The Kier molecular flexibility index (Phi) is 7.25. The van der Waals surface area contributed by atoms with Gasteiger partial charge in [0.05, 0.1) is 31.9 Å². The molecule has 7 heteroatoms. The average Bonchev–Trinajstić information content (AvgIpc) is 2.69. The SMILES string of the molecule is COc1ccccc1C(=O)COC(=O)/C=C/c1cc(Cl)c(OC)c(OC)c1. The molecule has 6 nitrogen and oxygen atoms in total. The summed E-state index contributed by atoms with van der Waals surface area (Å²) < 4.78 is 20.5. The lowest BCUT2D eigenvalue weighted by Crippen LogP contribution is -2.13. The maximum absolute atomic E-state index is 12.2. The van der Waals surface area contributed by atoms with Crippen LogP contribution in [0, 0.1) is 0 Å². The molecular formula is C20H19ClO6. The smallest absolute Gasteiger partial charge is 0.331 e. The Morgan fingerprint density at radius 2 is 1.70 bits per heavy atom. The molecule has 0 heterocycles. The summed E-state index contributed by atoms with van der Waals surface area (Å²) in [6.07, 6.45) is 2.71. The number of hydrogen-bond acceptors (Lipinski definition) is 6. The van der Waals surface area contributed by atoms with E-state index in [1.807, 2.05) is 0 Å². The van der Waals surface area contributed by atoms with Gasteiger partial charge < -0.3 is 18.9 Å². The molecule has 0 bridgehead atoms. The van der Waals surface area contributed by atoms with Crippen LogP contribution in [-0.2, 0) is 9.53 Å². The van der Waals surface area contributed by atoms with E-state index < -0.39 is 12.6 Å². The minimum absolute atomic E-state index is 0.344. The maximum atomic E-state index is 12.2. The van der Waals surface area contributed by atoms with Gasteiger partial charge in [-0.2, -0.15) is 0 Å². The minimum Gasteiger partial charge on any atom is -0.496 e. The number of ether oxygens (including phenoxy) is 4. The maximum Gasteiger partial charge on any atom is 0.331 e. The molecule has 2 rings (SSSR count). The first-order chi connectivity index (χ1) is 13.0. The molecule has 2 aromatic carbocycles. The highest BCUT2D eigenvalue weighted by molar-refractivity contribution is 6.32. The third-order valence-corrected chi connectivity index (χ3v) is 3.90. The number of ketones is 1. The summed E-state index contributed by atoms with van der Waals surface area (Å²) in [5.74, 6) is 0.243. The van der Waals surface area contributed by atoms with Crippen LogP contribution in [0.5, 0.6) is 17.2 Å². The predicted octanol–water partition coefficient (Wildman–Crippen LogP) is 3.81. The van der Waals surface area contributed by atoms with Crippen LogP contribution in [0.2, 0.25) is 5.02 Å². The molecule has 0 N–H and O–H groups in total. The molecule has 0 aliphatic carbocycles. The highest BCUT2D eigenvalue weighted by Gasteiger charge is 2.13. The molecule has 0 atom stereocenters. The molecule has 0 saturated heterocycles. The molecule has 0 fully saturated rings. The Balaban J connectivity index is 2.01. The second kappa shape index (κ2) is 9.64. The van der Waals surface area contributed by atoms with Crippen molar-refractivity contribution in [3.05, 3.63) is 58.6 Å². The first-order valence-electron chi connectivity index (χ1n) is 7.92. The summed E-state index contributed by atoms with van der Waals surface area (Å²) >= 11 is 6.12. The van der Waals surface area contributed by atoms with Crippen LogP contribution in [0.25, 0.3) is 6.08 Å². The molecule has 2 aromatic rings. The van der Waals surface area contributed by atoms with Gasteiger partial charge in [-0.15, -0.1) is 0 Å². The summed E-state index contributed by atoms with van der Waals surface area (Å²) in [5.41, 5.74) is 0.967. The van der Waals surface area contributed by atoms with Crippen molar-refractivity contribution in [2.75, 3.05) is 27.9 Å². The van der Waals surface area contributed by atoms with Crippen LogP contribution in [0.3, 0.4) is 0 Å². The monoisotopic (exact) mass is 390 g/mol. The number of para-hydroxylation sites is 1. The number of esters is 1. The standard InChI is InChI=1S/C20H19ClO6/c1-24-17-7-5-4-6-14(17)16(22)12-27-19(23)9-8-13-10-15(21)20(26-3)18(11-13)25-2/h4-11H,12H2,1-3H3/b9-8+. The van der Waals surface area contributed by atoms with Crippen LogP contribution < -0.4 is 14.2 Å². The minimum atomic E-state index is -0.663. The van der Waals surface area contributed by atoms with Gasteiger partial charge in [-0.05, 0) is 35.9 Å². The molecular weight excluding hydrogens is 372 g/mol. The number of rotatable bonds is 8. The van der Waals surface area contributed by atoms with Crippen molar-refractivity contribution in [1.29, 1.82) is 0 Å². The average molecular weight is 391 g/mol. The van der Waals surface area contributed by atoms with Gasteiger partial charge in [-0.25, -0.2) is 4.79 Å². The van der Waals surface area contributed by atoms with Crippen LogP contribution in [0.1, 0.15) is 15.9 Å². The van der Waals surface area contributed by atoms with Crippen molar-refractivity contribution >= 4 is 29.4 Å². The van der Waals surface area contributed by atoms with Crippen molar-refractivity contribution in [2.24, 2.45) is 0 Å². The lowest BCUT2D eigenvalue weighted by molar-refractivity contribution is -0.136. The van der Waals surface area contributed by atoms with Crippen molar-refractivity contribution in [3.8, 4) is 17.2 Å². The van der Waals surface area contributed by atoms with Gasteiger partial charge in [0.1, 0.15) is 5.75 Å². The predicted molar refractivity (Wildman–Crippen MR) is 102 cm³/mol. The number of benzene rings is 2. The summed E-state index contributed by atoms with van der Waals surface area (Å²) in [5, 5.41) is 0.344. The fraction of sp³-hybridized carbons (Fsp3) is 0.200. The zero-order valence-electron chi connectivity index (χ0n) is 15.2. The van der Waals surface area contributed by atoms with Crippen LogP contribution >= 0.6 is 11.6 Å². The van der Waals surface area contributed by atoms with Gasteiger partial charge in [0.25, 0.3) is 0 Å². The van der Waals surface area contributed by atoms with E-state index in [1.165, 1.54) is 33.5 Å². The van der Waals surface area contributed by atoms with Crippen molar-refractivity contribution in [2.45, 2.75) is 0 Å². The Morgan fingerprint density at radius 1 is 1.00 bits per heavy atom. The topological polar surface area (TPSA) is 71.1 Å². The van der Waals surface area contributed by atoms with E-state index in [0.717, 1.165) is 0 Å². The summed E-state index contributed by atoms with van der Waals surface area (Å²) in [4.78, 5) is 24.1. The molecule has 0 amide bonds. The molecule has 0 radical (unpaired) electrons. The summed E-state index contributed by atoms with van der Waals surface area (Å²) in [6, 6.07) is 10.0. The van der Waals surface area contributed by atoms with Crippen molar-refractivity contribution in [1.82, 2.24) is 0 Å². The van der Waals surface area contributed by atoms with E-state index in [9.17, 15) is 9.59 Å². The first kappa shape index (κ1) is 20.3. The molecule has 0 saturated carbocycles. The summed E-state index contributed by atoms with van der Waals surface area (Å²) in [7, 11) is 4.43. The second-order valence-corrected chi connectivity index (χ2v) is 5.71. The first-order valence-corrected chi connectivity index (χ1v) is 8.30. The molecule has 0 aliphatic rings. The Morgan fingerprint density at radius 3 is 2.37 bits per heavy atom. The highest BCUT2D eigenvalue weighted by atomic mass is 35.5. The number of carbonyl (C=O) groups is 2. The number of hydrogen-bond donors (Lipinski definition) is 0. The van der Waals surface area contributed by atoms with Crippen LogP contribution in [-0.4, -0.2) is 39.7 Å². The van der Waals surface area contributed by atoms with Gasteiger partial charge in [-0.3, -0.25) is 4.79 Å². The van der Waals surface area contributed by atoms with Gasteiger partial charge >= 0.3 is 5.97 Å². The number of carbonyl (C=O) groups excluding carboxylic acids is 2. The van der Waals surface area contributed by atoms with E-state index in [2.05, 4.69) is 0 Å². The zero-order chi connectivity index (χ0) is 19.8. The van der Waals surface area contributed by atoms with Gasteiger partial charge in [0.15, 0.2) is 18.1 Å². The molecule has 27 heavy (non-hydrogen) atoms. The van der Waals surface area contributed by atoms with E-state index in [4.69, 9.17) is 30.5 Å². The number of halogens is 1. The lowest BCUT2D eigenvalue weighted by atomic mass is 10.1.